The predicted octanol–water partition coefficient (Wildman–Crippen LogP) is 1.47. The Kier molecular flexibility index (Phi) is 8.87. The summed E-state index contributed by atoms with van der Waals surface area (Å²) in [6.45, 7) is 1.18. The summed E-state index contributed by atoms with van der Waals surface area (Å²) < 4.78 is 5.71. The van der Waals surface area contributed by atoms with E-state index in [2.05, 4.69) is 16.2 Å². The number of aliphatic imine (C=N–C) groups is 1. The van der Waals surface area contributed by atoms with Crippen molar-refractivity contribution in [3.05, 3.63) is 33.8 Å². The molecule has 126 valence electrons. The molecule has 0 amide bonds. The van der Waals surface area contributed by atoms with Gasteiger partial charge in [0.25, 0.3) is 6.54 Å². The molecule has 0 unspecified atom stereocenters. The maximum Gasteiger partial charge on any atom is 0.259 e. The molecule has 0 aliphatic carbocycles. The Bertz CT molecular complexity index is 563. The minimum absolute atomic E-state index is 0.237. The molecule has 23 heavy (non-hydrogen) atoms. The maximum absolute atomic E-state index is 10.5. The Labute approximate surface area is 140 Å². The zero-order valence-corrected chi connectivity index (χ0v) is 14.3. The monoisotopic (exact) mass is 338 g/mol. The summed E-state index contributed by atoms with van der Waals surface area (Å²) in [5, 5.41) is 13.3. The molecule has 0 saturated heterocycles. The number of thioether (sulfide) groups is 1. The number of hydrogen-bond donors (Lipinski definition) is 1. The molecule has 1 aromatic heterocycles. The molecule has 1 rings (SSSR count). The molecule has 0 atom stereocenters. The van der Waals surface area contributed by atoms with Gasteiger partial charge in [0.1, 0.15) is 11.5 Å². The summed E-state index contributed by atoms with van der Waals surface area (Å²) in [7, 11) is 3.98. The normalized spacial score (nSPS) is 11.5. The second kappa shape index (κ2) is 10.7. The van der Waals surface area contributed by atoms with Crippen LogP contribution in [-0.4, -0.2) is 55.1 Å². The smallest absolute Gasteiger partial charge is 0.259 e. The quantitative estimate of drug-likeness (QED) is 0.174. The van der Waals surface area contributed by atoms with E-state index in [1.54, 1.807) is 11.8 Å². The number of hydrogen-bond acceptors (Lipinski definition) is 6. The van der Waals surface area contributed by atoms with Crippen molar-refractivity contribution in [2.75, 3.05) is 39.5 Å². The number of nitrogens with one attached hydrogen (secondary N) is 1. The van der Waals surface area contributed by atoms with E-state index in [-0.39, 0.29) is 13.1 Å². The Morgan fingerprint density at radius 1 is 1.52 bits per heavy atom. The van der Waals surface area contributed by atoms with Gasteiger partial charge in [-0.15, -0.1) is 6.42 Å². The average molecular weight is 338 g/mol. The summed E-state index contributed by atoms with van der Waals surface area (Å²) in [5.74, 6) is 6.06. The summed E-state index contributed by atoms with van der Waals surface area (Å²) in [6, 6.07) is 3.95. The van der Waals surface area contributed by atoms with E-state index in [0.717, 1.165) is 29.6 Å². The van der Waals surface area contributed by atoms with Crippen LogP contribution in [0, 0.1) is 22.5 Å². The first-order chi connectivity index (χ1) is 11.0. The first kappa shape index (κ1) is 19.1. The standard InChI is InChI=1S/C15H22N4O3S/c1-4-7-16-15(11-19(20)21)17-8-9-23-12-14-6-5-13(22-14)10-18(2)3/h1,5-6H,7-12H2,2-3H3,(H,16,17). The van der Waals surface area contributed by atoms with Crippen molar-refractivity contribution >= 4 is 17.6 Å². The Hall–Kier alpha value is -1.98. The van der Waals surface area contributed by atoms with E-state index in [0.29, 0.717) is 12.4 Å². The van der Waals surface area contributed by atoms with Gasteiger partial charge in [-0.3, -0.25) is 15.1 Å². The number of amidine groups is 1. The van der Waals surface area contributed by atoms with E-state index < -0.39 is 4.92 Å². The molecular formula is C15H22N4O3S. The van der Waals surface area contributed by atoms with Gasteiger partial charge >= 0.3 is 0 Å². The zero-order chi connectivity index (χ0) is 17.1. The Balaban J connectivity index is 2.31. The molecule has 0 radical (unpaired) electrons. The van der Waals surface area contributed by atoms with E-state index in [9.17, 15) is 10.1 Å². The molecule has 0 aliphatic heterocycles. The summed E-state index contributed by atoms with van der Waals surface area (Å²) in [5.41, 5.74) is 0. The third kappa shape index (κ3) is 8.90. The highest BCUT2D eigenvalue weighted by Crippen LogP contribution is 2.16. The molecule has 0 aliphatic rings. The molecule has 0 bridgehead atoms. The number of terminal acetylenes is 1. The SMILES string of the molecule is C#CCNC(C[N+](=O)[O-])=NCCSCc1ccc(CN(C)C)o1. The molecule has 0 saturated carbocycles. The molecule has 1 heterocycles. The van der Waals surface area contributed by atoms with Crippen LogP contribution in [0.5, 0.6) is 0 Å². The van der Waals surface area contributed by atoms with Gasteiger partial charge in [0.15, 0.2) is 5.84 Å². The minimum atomic E-state index is -0.426. The fourth-order valence-electron chi connectivity index (χ4n) is 1.75. The fourth-order valence-corrected chi connectivity index (χ4v) is 2.47. The molecule has 1 aromatic rings. The van der Waals surface area contributed by atoms with Crippen molar-refractivity contribution in [3.63, 3.8) is 0 Å². The van der Waals surface area contributed by atoms with Crippen LogP contribution < -0.4 is 5.32 Å². The Morgan fingerprint density at radius 2 is 2.26 bits per heavy atom. The molecule has 1 N–H and O–H groups in total. The molecule has 0 fully saturated rings. The maximum atomic E-state index is 10.5. The first-order valence-electron chi connectivity index (χ1n) is 7.13. The van der Waals surface area contributed by atoms with Crippen molar-refractivity contribution in [2.45, 2.75) is 12.3 Å². The van der Waals surface area contributed by atoms with Crippen LogP contribution in [0.2, 0.25) is 0 Å². The lowest BCUT2D eigenvalue weighted by atomic mass is 10.4. The van der Waals surface area contributed by atoms with Crippen LogP contribution in [0.3, 0.4) is 0 Å². The van der Waals surface area contributed by atoms with Crippen LogP contribution in [-0.2, 0) is 12.3 Å². The molecule has 0 aromatic carbocycles. The van der Waals surface area contributed by atoms with Crippen LogP contribution >= 0.6 is 11.8 Å². The lowest BCUT2D eigenvalue weighted by molar-refractivity contribution is -0.463. The van der Waals surface area contributed by atoms with Crippen LogP contribution in [0.15, 0.2) is 21.5 Å². The topological polar surface area (TPSA) is 83.9 Å². The van der Waals surface area contributed by atoms with E-state index in [1.165, 1.54) is 0 Å². The van der Waals surface area contributed by atoms with Crippen LogP contribution in [0.4, 0.5) is 0 Å². The second-order valence-electron chi connectivity index (χ2n) is 5.04. The first-order valence-corrected chi connectivity index (χ1v) is 8.29. The van der Waals surface area contributed by atoms with E-state index >= 15 is 0 Å². The van der Waals surface area contributed by atoms with Crippen LogP contribution in [0.25, 0.3) is 0 Å². The number of nitrogens with zero attached hydrogens (tertiary/aromatic N) is 3. The van der Waals surface area contributed by atoms with Crippen molar-refractivity contribution < 1.29 is 9.34 Å². The molecule has 8 heteroatoms. The van der Waals surface area contributed by atoms with Gasteiger partial charge in [-0.1, -0.05) is 5.92 Å². The number of nitro groups is 1. The van der Waals surface area contributed by atoms with Crippen molar-refractivity contribution in [2.24, 2.45) is 4.99 Å². The minimum Gasteiger partial charge on any atom is -0.464 e. The Morgan fingerprint density at radius 3 is 2.91 bits per heavy atom. The third-order valence-corrected chi connectivity index (χ3v) is 3.61. The lowest BCUT2D eigenvalue weighted by Crippen LogP contribution is -2.31. The van der Waals surface area contributed by atoms with Gasteiger partial charge in [-0.05, 0) is 26.2 Å². The van der Waals surface area contributed by atoms with Crippen molar-refractivity contribution in [1.29, 1.82) is 0 Å². The summed E-state index contributed by atoms with van der Waals surface area (Å²) in [6.07, 6.45) is 5.13. The van der Waals surface area contributed by atoms with Gasteiger partial charge in [-0.2, -0.15) is 11.8 Å². The lowest BCUT2D eigenvalue weighted by Gasteiger charge is -2.05. The van der Waals surface area contributed by atoms with Gasteiger partial charge in [0.05, 0.1) is 25.4 Å². The summed E-state index contributed by atoms with van der Waals surface area (Å²) in [4.78, 5) is 16.3. The predicted molar refractivity (Wildman–Crippen MR) is 93.3 cm³/mol. The van der Waals surface area contributed by atoms with Crippen LogP contribution in [0.1, 0.15) is 11.5 Å². The van der Waals surface area contributed by atoms with Crippen molar-refractivity contribution in [3.8, 4) is 12.3 Å². The molecule has 7 nitrogen and oxygen atoms in total. The largest absolute Gasteiger partial charge is 0.464 e. The highest BCUT2D eigenvalue weighted by molar-refractivity contribution is 7.98. The number of rotatable bonds is 10. The third-order valence-electron chi connectivity index (χ3n) is 2.65. The fraction of sp³-hybridized carbons (Fsp3) is 0.533. The van der Waals surface area contributed by atoms with E-state index in [1.807, 2.05) is 31.1 Å². The average Bonchev–Trinajstić information content (AvgIpc) is 2.90. The molecule has 0 spiro atoms. The zero-order valence-electron chi connectivity index (χ0n) is 13.4. The highest BCUT2D eigenvalue weighted by atomic mass is 32.2. The van der Waals surface area contributed by atoms with Gasteiger partial charge in [0, 0.05) is 10.7 Å². The highest BCUT2D eigenvalue weighted by Gasteiger charge is 2.06. The summed E-state index contributed by atoms with van der Waals surface area (Å²) >= 11 is 1.67. The van der Waals surface area contributed by atoms with Gasteiger partial charge in [-0.25, -0.2) is 0 Å². The van der Waals surface area contributed by atoms with Gasteiger partial charge in [0.2, 0.25) is 0 Å². The second-order valence-corrected chi connectivity index (χ2v) is 6.14. The van der Waals surface area contributed by atoms with Gasteiger partial charge < -0.3 is 14.6 Å². The van der Waals surface area contributed by atoms with Crippen molar-refractivity contribution in [1.82, 2.24) is 10.2 Å². The molecular weight excluding hydrogens is 316 g/mol. The number of furan rings is 1. The van der Waals surface area contributed by atoms with E-state index in [4.69, 9.17) is 10.8 Å².